The number of anilines is 1. The summed E-state index contributed by atoms with van der Waals surface area (Å²) in [6.07, 6.45) is 1.95. The van der Waals surface area contributed by atoms with Crippen LogP contribution in [0, 0.1) is 0 Å². The summed E-state index contributed by atoms with van der Waals surface area (Å²) in [5, 5.41) is 0.638. The van der Waals surface area contributed by atoms with Crippen LogP contribution in [-0.2, 0) is 4.74 Å². The summed E-state index contributed by atoms with van der Waals surface area (Å²) in [7, 11) is 1.57. The fourth-order valence-corrected chi connectivity index (χ4v) is 4.50. The van der Waals surface area contributed by atoms with E-state index in [9.17, 15) is 4.79 Å². The van der Waals surface area contributed by atoms with Crippen LogP contribution in [0.5, 0.6) is 11.5 Å². The molecule has 0 spiro atoms. The zero-order valence-corrected chi connectivity index (χ0v) is 17.4. The molecule has 6 nitrogen and oxygen atoms in total. The SMILES string of the molecule is CCOc1cccc2sc(N(CC3CCCO3)C(=O)c3ccccc3OC)nc12. The van der Waals surface area contributed by atoms with Gasteiger partial charge in [-0.1, -0.05) is 29.5 Å². The van der Waals surface area contributed by atoms with Crippen LogP contribution in [-0.4, -0.2) is 43.9 Å². The van der Waals surface area contributed by atoms with Gasteiger partial charge in [0.05, 0.1) is 36.6 Å². The first-order chi connectivity index (χ1) is 14.2. The highest BCUT2D eigenvalue weighted by atomic mass is 32.1. The molecule has 1 unspecified atom stereocenters. The van der Waals surface area contributed by atoms with Gasteiger partial charge in [-0.25, -0.2) is 4.98 Å². The number of hydrogen-bond donors (Lipinski definition) is 0. The lowest BCUT2D eigenvalue weighted by Gasteiger charge is -2.23. The van der Waals surface area contributed by atoms with Gasteiger partial charge < -0.3 is 14.2 Å². The number of benzene rings is 2. The summed E-state index contributed by atoms with van der Waals surface area (Å²) in [5.41, 5.74) is 1.29. The summed E-state index contributed by atoms with van der Waals surface area (Å²) in [4.78, 5) is 20.0. The zero-order chi connectivity index (χ0) is 20.2. The van der Waals surface area contributed by atoms with Crippen LogP contribution >= 0.6 is 11.3 Å². The van der Waals surface area contributed by atoms with Crippen molar-refractivity contribution in [3.05, 3.63) is 48.0 Å². The van der Waals surface area contributed by atoms with Crippen LogP contribution in [0.15, 0.2) is 42.5 Å². The molecular formula is C22H24N2O4S. The molecule has 3 aromatic rings. The number of rotatable bonds is 7. The van der Waals surface area contributed by atoms with Crippen molar-refractivity contribution < 1.29 is 19.0 Å². The first-order valence-corrected chi connectivity index (χ1v) is 10.6. The molecule has 152 valence electrons. The number of carbonyl (C=O) groups excluding carboxylic acids is 1. The Labute approximate surface area is 174 Å². The third kappa shape index (κ3) is 4.06. The van der Waals surface area contributed by atoms with Crippen molar-refractivity contribution in [1.29, 1.82) is 0 Å². The van der Waals surface area contributed by atoms with E-state index in [1.54, 1.807) is 24.1 Å². The van der Waals surface area contributed by atoms with E-state index in [-0.39, 0.29) is 12.0 Å². The molecule has 1 aliphatic heterocycles. The standard InChI is InChI=1S/C22H24N2O4S/c1-3-27-18-11-6-12-19-20(18)23-22(29-19)24(14-15-8-7-13-28-15)21(25)16-9-4-5-10-17(16)26-2/h4-6,9-12,15H,3,7-8,13-14H2,1-2H3. The second-order valence-electron chi connectivity index (χ2n) is 6.78. The molecule has 1 aromatic heterocycles. The maximum atomic E-state index is 13.5. The second kappa shape index (κ2) is 8.80. The number of para-hydroxylation sites is 2. The maximum absolute atomic E-state index is 13.5. The molecule has 1 atom stereocenters. The minimum absolute atomic E-state index is 0.00651. The molecule has 1 amide bonds. The molecule has 0 radical (unpaired) electrons. The molecule has 1 aliphatic rings. The number of ether oxygens (including phenoxy) is 3. The molecule has 7 heteroatoms. The zero-order valence-electron chi connectivity index (χ0n) is 16.6. The van der Waals surface area contributed by atoms with E-state index in [1.807, 2.05) is 37.3 Å². The van der Waals surface area contributed by atoms with Gasteiger partial charge >= 0.3 is 0 Å². The molecule has 0 N–H and O–H groups in total. The van der Waals surface area contributed by atoms with E-state index in [2.05, 4.69) is 0 Å². The normalized spacial score (nSPS) is 16.1. The summed E-state index contributed by atoms with van der Waals surface area (Å²) in [6.45, 7) is 3.70. The molecule has 4 rings (SSSR count). The van der Waals surface area contributed by atoms with Gasteiger partial charge in [-0.05, 0) is 44.0 Å². The lowest BCUT2D eigenvalue weighted by atomic mass is 10.1. The van der Waals surface area contributed by atoms with E-state index in [0.29, 0.717) is 29.6 Å². The number of methoxy groups -OCH3 is 1. The van der Waals surface area contributed by atoms with Crippen LogP contribution in [0.2, 0.25) is 0 Å². The predicted molar refractivity (Wildman–Crippen MR) is 114 cm³/mol. The fourth-order valence-electron chi connectivity index (χ4n) is 3.51. The summed E-state index contributed by atoms with van der Waals surface area (Å²) in [6, 6.07) is 13.1. The van der Waals surface area contributed by atoms with E-state index < -0.39 is 0 Å². The number of amides is 1. The first kappa shape index (κ1) is 19.7. The van der Waals surface area contributed by atoms with Gasteiger partial charge in [0, 0.05) is 6.61 Å². The average molecular weight is 413 g/mol. The predicted octanol–water partition coefficient (Wildman–Crippen LogP) is 4.53. The number of nitrogens with zero attached hydrogens (tertiary/aromatic N) is 2. The van der Waals surface area contributed by atoms with Gasteiger partial charge in [-0.15, -0.1) is 0 Å². The van der Waals surface area contributed by atoms with E-state index in [1.165, 1.54) is 11.3 Å². The lowest BCUT2D eigenvalue weighted by molar-refractivity contribution is 0.0915. The summed E-state index contributed by atoms with van der Waals surface area (Å²) in [5.74, 6) is 1.13. The Kier molecular flexibility index (Phi) is 5.97. The Hall–Kier alpha value is -2.64. The summed E-state index contributed by atoms with van der Waals surface area (Å²) < 4.78 is 17.9. The second-order valence-corrected chi connectivity index (χ2v) is 7.79. The molecular weight excluding hydrogens is 388 g/mol. The van der Waals surface area contributed by atoms with Crippen LogP contribution in [0.1, 0.15) is 30.1 Å². The van der Waals surface area contributed by atoms with E-state index in [4.69, 9.17) is 19.2 Å². The largest absolute Gasteiger partial charge is 0.496 e. The molecule has 29 heavy (non-hydrogen) atoms. The van der Waals surface area contributed by atoms with Gasteiger partial charge in [0.1, 0.15) is 17.0 Å². The van der Waals surface area contributed by atoms with Gasteiger partial charge in [-0.3, -0.25) is 9.69 Å². The number of hydrogen-bond acceptors (Lipinski definition) is 6. The van der Waals surface area contributed by atoms with Gasteiger partial charge in [0.15, 0.2) is 5.13 Å². The fraction of sp³-hybridized carbons (Fsp3) is 0.364. The van der Waals surface area contributed by atoms with Crippen LogP contribution < -0.4 is 14.4 Å². The smallest absolute Gasteiger partial charge is 0.263 e. The molecule has 0 aliphatic carbocycles. The average Bonchev–Trinajstić information content (AvgIpc) is 3.41. The quantitative estimate of drug-likeness (QED) is 0.571. The Morgan fingerprint density at radius 3 is 2.83 bits per heavy atom. The monoisotopic (exact) mass is 412 g/mol. The molecule has 1 fully saturated rings. The molecule has 2 aromatic carbocycles. The van der Waals surface area contributed by atoms with Crippen molar-refractivity contribution >= 4 is 32.6 Å². The molecule has 0 bridgehead atoms. The molecule has 2 heterocycles. The van der Waals surface area contributed by atoms with Crippen LogP contribution in [0.25, 0.3) is 10.2 Å². The highest BCUT2D eigenvalue weighted by molar-refractivity contribution is 7.22. The number of aromatic nitrogens is 1. The first-order valence-electron chi connectivity index (χ1n) is 9.80. The minimum atomic E-state index is -0.144. The number of thiazole rings is 1. The highest BCUT2D eigenvalue weighted by Gasteiger charge is 2.28. The van der Waals surface area contributed by atoms with Crippen molar-refractivity contribution in [2.75, 3.05) is 31.8 Å². The van der Waals surface area contributed by atoms with Crippen molar-refractivity contribution in [3.8, 4) is 11.5 Å². The summed E-state index contributed by atoms with van der Waals surface area (Å²) >= 11 is 1.48. The van der Waals surface area contributed by atoms with Crippen molar-refractivity contribution in [3.63, 3.8) is 0 Å². The Bertz CT molecular complexity index is 997. The van der Waals surface area contributed by atoms with Gasteiger partial charge in [-0.2, -0.15) is 0 Å². The van der Waals surface area contributed by atoms with E-state index in [0.717, 1.165) is 35.4 Å². The number of fused-ring (bicyclic) bond motifs is 1. The lowest BCUT2D eigenvalue weighted by Crippen LogP contribution is -2.37. The van der Waals surface area contributed by atoms with Gasteiger partial charge in [0.2, 0.25) is 0 Å². The van der Waals surface area contributed by atoms with Crippen molar-refractivity contribution in [2.45, 2.75) is 25.9 Å². The topological polar surface area (TPSA) is 60.9 Å². The highest BCUT2D eigenvalue weighted by Crippen LogP contribution is 2.36. The van der Waals surface area contributed by atoms with Crippen LogP contribution in [0.4, 0.5) is 5.13 Å². The third-order valence-electron chi connectivity index (χ3n) is 4.89. The van der Waals surface area contributed by atoms with Crippen molar-refractivity contribution in [2.24, 2.45) is 0 Å². The van der Waals surface area contributed by atoms with Gasteiger partial charge in [0.25, 0.3) is 5.91 Å². The van der Waals surface area contributed by atoms with Crippen LogP contribution in [0.3, 0.4) is 0 Å². The Morgan fingerprint density at radius 2 is 2.07 bits per heavy atom. The Balaban J connectivity index is 1.75. The Morgan fingerprint density at radius 1 is 1.24 bits per heavy atom. The minimum Gasteiger partial charge on any atom is -0.496 e. The molecule has 1 saturated heterocycles. The third-order valence-corrected chi connectivity index (χ3v) is 5.94. The van der Waals surface area contributed by atoms with Crippen molar-refractivity contribution in [1.82, 2.24) is 4.98 Å². The maximum Gasteiger partial charge on any atom is 0.263 e. The van der Waals surface area contributed by atoms with E-state index >= 15 is 0 Å². The number of carbonyl (C=O) groups is 1. The molecule has 0 saturated carbocycles.